The molecule has 0 unspecified atom stereocenters. The molecule has 0 fully saturated rings. The number of nitrogens with zero attached hydrogens (tertiary/aromatic N) is 3. The molecule has 9 nitrogen and oxygen atoms in total. The van der Waals surface area contributed by atoms with Gasteiger partial charge in [-0.15, -0.1) is 0 Å². The third-order valence-electron chi connectivity index (χ3n) is 6.70. The predicted octanol–water partition coefficient (Wildman–Crippen LogP) is 4.86. The van der Waals surface area contributed by atoms with Crippen molar-refractivity contribution in [3.63, 3.8) is 0 Å². The van der Waals surface area contributed by atoms with E-state index in [1.165, 1.54) is 30.9 Å². The van der Waals surface area contributed by atoms with Gasteiger partial charge < -0.3 is 19.5 Å². The molecule has 0 aliphatic carbocycles. The second-order valence-corrected chi connectivity index (χ2v) is 11.8. The van der Waals surface area contributed by atoms with Crippen molar-refractivity contribution in [3.8, 4) is 34.2 Å². The number of unbranched alkanes of at least 4 members (excludes halogenated alkanes) is 1. The molecule has 4 rings (SSSR count). The van der Waals surface area contributed by atoms with Crippen molar-refractivity contribution in [3.05, 3.63) is 88.5 Å². The molecule has 0 saturated carbocycles. The number of sulfone groups is 1. The highest BCUT2D eigenvalue weighted by atomic mass is 32.2. The minimum atomic E-state index is -4.46. The lowest BCUT2D eigenvalue weighted by molar-refractivity contribution is 0.374. The first-order valence-electron chi connectivity index (χ1n) is 13.3. The first-order valence-corrected chi connectivity index (χ1v) is 14.8. The molecule has 10 heteroatoms. The molecule has 216 valence electrons. The summed E-state index contributed by atoms with van der Waals surface area (Å²) >= 11 is 0. The molecule has 0 atom stereocenters. The summed E-state index contributed by atoms with van der Waals surface area (Å²) in [6, 6.07) is 19.2. The second-order valence-electron chi connectivity index (χ2n) is 9.90. The number of benzene rings is 3. The molecular formula is C31H35N3O6S. The van der Waals surface area contributed by atoms with Crippen molar-refractivity contribution in [2.75, 3.05) is 28.3 Å². The molecule has 0 saturated heterocycles. The van der Waals surface area contributed by atoms with Gasteiger partial charge in [0.1, 0.15) is 23.0 Å². The van der Waals surface area contributed by atoms with Crippen molar-refractivity contribution in [1.82, 2.24) is 14.5 Å². The van der Waals surface area contributed by atoms with Crippen LogP contribution in [0.15, 0.2) is 81.3 Å². The molecule has 1 heterocycles. The highest BCUT2D eigenvalue weighted by Gasteiger charge is 2.31. The summed E-state index contributed by atoms with van der Waals surface area (Å²) in [5, 5.41) is 11.5. The standard InChI is InChI=1S/C31H35N3O6S/c1-6-7-11-27-32-30(35)29(31(36)34(27)28-25(39-4)9-8-10-26(28)40-5)41(37,38)24-18-16-23(17-19-24)22-14-12-21(13-15-22)20-33(2)3/h8-10,12-19,36H,6-7,11,20H2,1-5H3. The Morgan fingerprint density at radius 2 is 1.46 bits per heavy atom. The fraction of sp³-hybridized carbons (Fsp3) is 0.290. The third-order valence-corrected chi connectivity index (χ3v) is 8.48. The Kier molecular flexibility index (Phi) is 9.14. The SMILES string of the molecule is CCCCc1nc(=O)c(S(=O)(=O)c2ccc(-c3ccc(CN(C)C)cc3)cc2)c(O)n1-c1c(OC)cccc1OC. The van der Waals surface area contributed by atoms with Gasteiger partial charge in [0, 0.05) is 13.0 Å². The Labute approximate surface area is 240 Å². The molecule has 0 spiro atoms. The number of aromatic nitrogens is 2. The molecule has 0 aliphatic rings. The highest BCUT2D eigenvalue weighted by molar-refractivity contribution is 7.91. The van der Waals surface area contributed by atoms with Crippen LogP contribution in [0.2, 0.25) is 0 Å². The maximum Gasteiger partial charge on any atom is 0.296 e. The van der Waals surface area contributed by atoms with Gasteiger partial charge in [0.05, 0.1) is 19.1 Å². The van der Waals surface area contributed by atoms with E-state index in [1.54, 1.807) is 30.3 Å². The first-order chi connectivity index (χ1) is 19.6. The van der Waals surface area contributed by atoms with Gasteiger partial charge in [-0.25, -0.2) is 8.42 Å². The van der Waals surface area contributed by atoms with Crippen LogP contribution in [-0.4, -0.2) is 56.3 Å². The maximum absolute atomic E-state index is 13.8. The van der Waals surface area contributed by atoms with Crippen LogP contribution in [0.1, 0.15) is 31.2 Å². The number of hydrogen-bond donors (Lipinski definition) is 1. The molecule has 0 aliphatic heterocycles. The molecule has 0 amide bonds. The van der Waals surface area contributed by atoms with Crippen LogP contribution in [0.5, 0.6) is 17.4 Å². The van der Waals surface area contributed by atoms with Crippen LogP contribution in [0.3, 0.4) is 0 Å². The summed E-state index contributed by atoms with van der Waals surface area (Å²) in [4.78, 5) is 18.5. The van der Waals surface area contributed by atoms with E-state index < -0.39 is 26.2 Å². The average molecular weight is 578 g/mol. The van der Waals surface area contributed by atoms with Crippen molar-refractivity contribution in [2.24, 2.45) is 0 Å². The van der Waals surface area contributed by atoms with E-state index in [0.717, 1.165) is 29.7 Å². The van der Waals surface area contributed by atoms with E-state index in [9.17, 15) is 18.3 Å². The highest BCUT2D eigenvalue weighted by Crippen LogP contribution is 2.38. The number of hydrogen-bond acceptors (Lipinski definition) is 8. The van der Waals surface area contributed by atoms with Gasteiger partial charge in [-0.2, -0.15) is 4.98 Å². The lowest BCUT2D eigenvalue weighted by Crippen LogP contribution is -2.25. The minimum absolute atomic E-state index is 0.139. The Morgan fingerprint density at radius 1 is 0.902 bits per heavy atom. The van der Waals surface area contributed by atoms with Crippen LogP contribution in [0, 0.1) is 0 Å². The van der Waals surface area contributed by atoms with Crippen molar-refractivity contribution in [2.45, 2.75) is 42.5 Å². The van der Waals surface area contributed by atoms with E-state index in [-0.39, 0.29) is 16.4 Å². The number of aromatic hydroxyl groups is 1. The first kappa shape index (κ1) is 29.8. The number of methoxy groups -OCH3 is 2. The lowest BCUT2D eigenvalue weighted by Gasteiger charge is -2.21. The summed E-state index contributed by atoms with van der Waals surface area (Å²) < 4.78 is 39.9. The molecule has 0 bridgehead atoms. The number of ether oxygens (including phenoxy) is 2. The maximum atomic E-state index is 13.8. The Hall–Kier alpha value is -4.15. The average Bonchev–Trinajstić information content (AvgIpc) is 2.95. The third kappa shape index (κ3) is 6.13. The molecule has 1 N–H and O–H groups in total. The topological polar surface area (TPSA) is 111 Å². The van der Waals surface area contributed by atoms with Gasteiger partial charge in [-0.05, 0) is 61.5 Å². The second kappa shape index (κ2) is 12.6. The van der Waals surface area contributed by atoms with Gasteiger partial charge >= 0.3 is 0 Å². The smallest absolute Gasteiger partial charge is 0.296 e. The fourth-order valence-electron chi connectivity index (χ4n) is 4.67. The van der Waals surface area contributed by atoms with E-state index >= 15 is 0 Å². The fourth-order valence-corrected chi connectivity index (χ4v) is 6.01. The van der Waals surface area contributed by atoms with Gasteiger partial charge in [0.15, 0.2) is 4.90 Å². The quantitative estimate of drug-likeness (QED) is 0.269. The van der Waals surface area contributed by atoms with Crippen LogP contribution in [0.25, 0.3) is 16.8 Å². The largest absolute Gasteiger partial charge is 0.494 e. The van der Waals surface area contributed by atoms with E-state index in [2.05, 4.69) is 9.88 Å². The molecule has 4 aromatic rings. The van der Waals surface area contributed by atoms with Crippen LogP contribution < -0.4 is 15.0 Å². The van der Waals surface area contributed by atoms with Crippen LogP contribution >= 0.6 is 0 Å². The Bertz CT molecular complexity index is 1660. The summed E-state index contributed by atoms with van der Waals surface area (Å²) in [6.45, 7) is 2.79. The Balaban J connectivity index is 1.83. The van der Waals surface area contributed by atoms with Gasteiger partial charge in [0.2, 0.25) is 15.7 Å². The monoisotopic (exact) mass is 577 g/mol. The molecule has 1 aromatic heterocycles. The Morgan fingerprint density at radius 3 is 1.98 bits per heavy atom. The van der Waals surface area contributed by atoms with E-state index in [1.807, 2.05) is 45.3 Å². The van der Waals surface area contributed by atoms with Gasteiger partial charge in [0.25, 0.3) is 5.56 Å². The zero-order chi connectivity index (χ0) is 29.7. The lowest BCUT2D eigenvalue weighted by atomic mass is 10.0. The molecular weight excluding hydrogens is 542 g/mol. The van der Waals surface area contributed by atoms with Crippen molar-refractivity contribution >= 4 is 9.84 Å². The zero-order valence-electron chi connectivity index (χ0n) is 23.9. The predicted molar refractivity (Wildman–Crippen MR) is 158 cm³/mol. The van der Waals surface area contributed by atoms with E-state index in [0.29, 0.717) is 24.3 Å². The number of para-hydroxylation sites is 1. The summed E-state index contributed by atoms with van der Waals surface area (Å²) in [5.74, 6) is 0.0721. The number of aryl methyl sites for hydroxylation is 1. The summed E-state index contributed by atoms with van der Waals surface area (Å²) in [6.07, 6.45) is 1.78. The van der Waals surface area contributed by atoms with E-state index in [4.69, 9.17) is 9.47 Å². The van der Waals surface area contributed by atoms with Crippen molar-refractivity contribution < 1.29 is 23.0 Å². The van der Waals surface area contributed by atoms with Gasteiger partial charge in [-0.1, -0.05) is 55.8 Å². The van der Waals surface area contributed by atoms with Crippen LogP contribution in [0.4, 0.5) is 0 Å². The number of rotatable bonds is 11. The van der Waals surface area contributed by atoms with Gasteiger partial charge in [-0.3, -0.25) is 9.36 Å². The molecule has 41 heavy (non-hydrogen) atoms. The van der Waals surface area contributed by atoms with Crippen molar-refractivity contribution in [1.29, 1.82) is 0 Å². The zero-order valence-corrected chi connectivity index (χ0v) is 24.7. The minimum Gasteiger partial charge on any atom is -0.494 e. The normalized spacial score (nSPS) is 11.6. The summed E-state index contributed by atoms with van der Waals surface area (Å²) in [7, 11) is 2.44. The molecule has 0 radical (unpaired) electrons. The van der Waals surface area contributed by atoms with Crippen LogP contribution in [-0.2, 0) is 22.8 Å². The summed E-state index contributed by atoms with van der Waals surface area (Å²) in [5.41, 5.74) is 2.12. The molecule has 3 aromatic carbocycles.